The van der Waals surface area contributed by atoms with Crippen molar-refractivity contribution in [2.75, 3.05) is 19.8 Å². The van der Waals surface area contributed by atoms with Crippen molar-refractivity contribution in [3.8, 4) is 0 Å². The number of nitrogens with one attached hydrogen (secondary N) is 1. The summed E-state index contributed by atoms with van der Waals surface area (Å²) in [5.41, 5.74) is -0.378. The summed E-state index contributed by atoms with van der Waals surface area (Å²) in [7, 11) is 0. The summed E-state index contributed by atoms with van der Waals surface area (Å²) in [4.78, 5) is 14.8. The van der Waals surface area contributed by atoms with Crippen LogP contribution in [0.2, 0.25) is 0 Å². The molecule has 1 N–H and O–H groups in total. The highest BCUT2D eigenvalue weighted by Gasteiger charge is 2.49. The van der Waals surface area contributed by atoms with E-state index in [0.29, 0.717) is 12.5 Å². The maximum absolute atomic E-state index is 12.8. The highest BCUT2D eigenvalue weighted by Crippen LogP contribution is 2.35. The third-order valence-electron chi connectivity index (χ3n) is 5.21. The standard InChI is InChI=1S/C17H32N2O2/c1-4-6-12-21-13-11-19-15(14-9-7-8-10-14)18-17(3,5-2)16(19)20/h14-15,18H,4-13H2,1-3H3. The molecule has 0 aromatic rings. The Morgan fingerprint density at radius 1 is 1.29 bits per heavy atom. The average molecular weight is 296 g/mol. The Hall–Kier alpha value is -0.610. The van der Waals surface area contributed by atoms with Gasteiger partial charge in [-0.3, -0.25) is 10.1 Å². The van der Waals surface area contributed by atoms with Gasteiger partial charge in [0.15, 0.2) is 0 Å². The molecule has 1 amide bonds. The zero-order valence-electron chi connectivity index (χ0n) is 14.0. The van der Waals surface area contributed by atoms with Gasteiger partial charge in [0.25, 0.3) is 0 Å². The van der Waals surface area contributed by atoms with Crippen molar-refractivity contribution in [2.24, 2.45) is 5.92 Å². The number of amides is 1. The van der Waals surface area contributed by atoms with Gasteiger partial charge in [-0.25, -0.2) is 0 Å². The summed E-state index contributed by atoms with van der Waals surface area (Å²) >= 11 is 0. The van der Waals surface area contributed by atoms with Gasteiger partial charge >= 0.3 is 0 Å². The largest absolute Gasteiger partial charge is 0.380 e. The Bertz CT molecular complexity index is 342. The Morgan fingerprint density at radius 3 is 2.62 bits per heavy atom. The smallest absolute Gasteiger partial charge is 0.243 e. The normalized spacial score (nSPS) is 30.5. The third-order valence-corrected chi connectivity index (χ3v) is 5.21. The SMILES string of the molecule is CCCCOCCN1C(=O)C(C)(CC)NC1C1CCCC1. The molecule has 2 fully saturated rings. The Kier molecular flexibility index (Phi) is 6.06. The molecule has 2 aliphatic rings. The first kappa shape index (κ1) is 16.8. The number of carbonyl (C=O) groups is 1. The molecule has 0 bridgehead atoms. The second-order valence-corrected chi connectivity index (χ2v) is 6.78. The molecule has 1 saturated carbocycles. The first-order valence-electron chi connectivity index (χ1n) is 8.79. The number of rotatable bonds is 8. The van der Waals surface area contributed by atoms with Crippen LogP contribution in [0.3, 0.4) is 0 Å². The van der Waals surface area contributed by atoms with Crippen molar-refractivity contribution < 1.29 is 9.53 Å². The van der Waals surface area contributed by atoms with Crippen LogP contribution in [0.5, 0.6) is 0 Å². The van der Waals surface area contributed by atoms with Crippen LogP contribution in [-0.2, 0) is 9.53 Å². The molecule has 2 atom stereocenters. The third kappa shape index (κ3) is 3.78. The van der Waals surface area contributed by atoms with Crippen LogP contribution in [0.15, 0.2) is 0 Å². The van der Waals surface area contributed by atoms with E-state index in [4.69, 9.17) is 4.74 Å². The maximum Gasteiger partial charge on any atom is 0.243 e. The van der Waals surface area contributed by atoms with Crippen LogP contribution in [0.1, 0.15) is 65.7 Å². The number of hydrogen-bond donors (Lipinski definition) is 1. The molecule has 21 heavy (non-hydrogen) atoms. The quantitative estimate of drug-likeness (QED) is 0.700. The molecule has 1 aliphatic heterocycles. The summed E-state index contributed by atoms with van der Waals surface area (Å²) in [5, 5.41) is 3.63. The second-order valence-electron chi connectivity index (χ2n) is 6.78. The molecule has 4 nitrogen and oxygen atoms in total. The van der Waals surface area contributed by atoms with E-state index < -0.39 is 0 Å². The van der Waals surface area contributed by atoms with Gasteiger partial charge in [-0.2, -0.15) is 0 Å². The number of unbranched alkanes of at least 4 members (excludes halogenated alkanes) is 1. The summed E-state index contributed by atoms with van der Waals surface area (Å²) in [6.45, 7) is 8.51. The predicted octanol–water partition coefficient (Wildman–Crippen LogP) is 2.92. The van der Waals surface area contributed by atoms with Gasteiger partial charge < -0.3 is 9.64 Å². The highest BCUT2D eigenvalue weighted by atomic mass is 16.5. The maximum atomic E-state index is 12.8. The van der Waals surface area contributed by atoms with Gasteiger partial charge in [-0.05, 0) is 38.5 Å². The minimum Gasteiger partial charge on any atom is -0.380 e. The topological polar surface area (TPSA) is 41.6 Å². The summed E-state index contributed by atoms with van der Waals surface area (Å²) in [6.07, 6.45) is 8.44. The predicted molar refractivity (Wildman–Crippen MR) is 85.0 cm³/mol. The molecule has 122 valence electrons. The molecule has 2 unspecified atom stereocenters. The van der Waals surface area contributed by atoms with Crippen molar-refractivity contribution in [3.63, 3.8) is 0 Å². The van der Waals surface area contributed by atoms with Gasteiger partial charge in [0.2, 0.25) is 5.91 Å². The van der Waals surface area contributed by atoms with Crippen LogP contribution >= 0.6 is 0 Å². The zero-order chi connectivity index (χ0) is 15.3. The van der Waals surface area contributed by atoms with Crippen molar-refractivity contribution in [2.45, 2.75) is 77.4 Å². The molecular formula is C17H32N2O2. The van der Waals surface area contributed by atoms with Crippen molar-refractivity contribution in [1.29, 1.82) is 0 Å². The molecular weight excluding hydrogens is 264 g/mol. The number of ether oxygens (including phenoxy) is 1. The fraction of sp³-hybridized carbons (Fsp3) is 0.941. The minimum atomic E-state index is -0.378. The van der Waals surface area contributed by atoms with E-state index in [2.05, 4.69) is 31.0 Å². The lowest BCUT2D eigenvalue weighted by atomic mass is 9.99. The monoisotopic (exact) mass is 296 g/mol. The number of hydrogen-bond acceptors (Lipinski definition) is 3. The summed E-state index contributed by atoms with van der Waals surface area (Å²) in [6, 6.07) is 0. The van der Waals surface area contributed by atoms with E-state index in [9.17, 15) is 4.79 Å². The molecule has 1 heterocycles. The molecule has 0 aromatic heterocycles. The van der Waals surface area contributed by atoms with Crippen LogP contribution < -0.4 is 5.32 Å². The molecule has 4 heteroatoms. The van der Waals surface area contributed by atoms with Gasteiger partial charge in [-0.15, -0.1) is 0 Å². The fourth-order valence-electron chi connectivity index (χ4n) is 3.56. The van der Waals surface area contributed by atoms with Gasteiger partial charge in [0.05, 0.1) is 18.3 Å². The van der Waals surface area contributed by atoms with Crippen LogP contribution in [0, 0.1) is 5.92 Å². The van der Waals surface area contributed by atoms with E-state index in [1.165, 1.54) is 25.7 Å². The minimum absolute atomic E-state index is 0.222. The first-order valence-corrected chi connectivity index (χ1v) is 8.79. The van der Waals surface area contributed by atoms with Crippen LogP contribution in [0.4, 0.5) is 0 Å². The Morgan fingerprint density at radius 2 is 2.00 bits per heavy atom. The van der Waals surface area contributed by atoms with Crippen molar-refractivity contribution in [3.05, 3.63) is 0 Å². The zero-order valence-corrected chi connectivity index (χ0v) is 14.0. The number of nitrogens with zero attached hydrogens (tertiary/aromatic N) is 1. The van der Waals surface area contributed by atoms with E-state index in [1.807, 2.05) is 0 Å². The number of carbonyl (C=O) groups excluding carboxylic acids is 1. The molecule has 0 aromatic carbocycles. The Balaban J connectivity index is 1.94. The lowest BCUT2D eigenvalue weighted by Crippen LogP contribution is -2.45. The molecule has 0 spiro atoms. The second kappa shape index (κ2) is 7.59. The van der Waals surface area contributed by atoms with Gasteiger partial charge in [-0.1, -0.05) is 33.1 Å². The average Bonchev–Trinajstić information content (AvgIpc) is 3.09. The van der Waals surface area contributed by atoms with Crippen LogP contribution in [-0.4, -0.2) is 42.3 Å². The lowest BCUT2D eigenvalue weighted by Gasteiger charge is -2.29. The molecule has 2 rings (SSSR count). The molecule has 1 saturated heterocycles. The molecule has 1 aliphatic carbocycles. The van der Waals surface area contributed by atoms with E-state index in [0.717, 1.165) is 32.4 Å². The van der Waals surface area contributed by atoms with Crippen molar-refractivity contribution >= 4 is 5.91 Å². The molecule has 0 radical (unpaired) electrons. The Labute approximate surface area is 129 Å². The summed E-state index contributed by atoms with van der Waals surface area (Å²) in [5.74, 6) is 0.888. The van der Waals surface area contributed by atoms with Gasteiger partial charge in [0, 0.05) is 13.2 Å². The van der Waals surface area contributed by atoms with Crippen molar-refractivity contribution in [1.82, 2.24) is 10.2 Å². The van der Waals surface area contributed by atoms with Gasteiger partial charge in [0.1, 0.15) is 0 Å². The fourth-order valence-corrected chi connectivity index (χ4v) is 3.56. The van der Waals surface area contributed by atoms with Crippen LogP contribution in [0.25, 0.3) is 0 Å². The first-order chi connectivity index (χ1) is 10.1. The summed E-state index contributed by atoms with van der Waals surface area (Å²) < 4.78 is 5.68. The highest BCUT2D eigenvalue weighted by molar-refractivity contribution is 5.88. The van der Waals surface area contributed by atoms with E-state index in [1.54, 1.807) is 0 Å². The van der Waals surface area contributed by atoms with E-state index >= 15 is 0 Å². The lowest BCUT2D eigenvalue weighted by molar-refractivity contribution is -0.134. The van der Waals surface area contributed by atoms with E-state index in [-0.39, 0.29) is 17.6 Å².